The first-order valence-corrected chi connectivity index (χ1v) is 9.13. The van der Waals surface area contributed by atoms with E-state index in [-0.39, 0.29) is 5.91 Å². The van der Waals surface area contributed by atoms with Gasteiger partial charge in [-0.05, 0) is 48.2 Å². The Morgan fingerprint density at radius 3 is 2.59 bits per heavy atom. The zero-order valence-electron chi connectivity index (χ0n) is 16.2. The molecule has 2 aromatic carbocycles. The fourth-order valence-corrected chi connectivity index (χ4v) is 3.43. The highest BCUT2D eigenvalue weighted by Gasteiger charge is 2.19. The molecule has 0 aromatic heterocycles. The minimum absolute atomic E-state index is 0.125. The number of rotatable bonds is 6. The zero-order valence-corrected chi connectivity index (χ0v) is 16.2. The second kappa shape index (κ2) is 8.31. The van der Waals surface area contributed by atoms with E-state index < -0.39 is 0 Å². The molecule has 0 spiro atoms. The molecule has 0 bridgehead atoms. The number of fused-ring (bicyclic) bond motifs is 1. The number of anilines is 1. The number of carbonyl (C=O) groups excluding carboxylic acids is 1. The summed E-state index contributed by atoms with van der Waals surface area (Å²) >= 11 is 0. The summed E-state index contributed by atoms with van der Waals surface area (Å²) in [6.07, 6.45) is 0.953. The molecule has 0 unspecified atom stereocenters. The monoisotopic (exact) mass is 369 g/mol. The highest BCUT2D eigenvalue weighted by Crippen LogP contribution is 2.33. The normalized spacial score (nSPS) is 13.7. The molecule has 6 nitrogen and oxygen atoms in total. The predicted molar refractivity (Wildman–Crippen MR) is 106 cm³/mol. The molecule has 1 aliphatic heterocycles. The van der Waals surface area contributed by atoms with E-state index in [0.717, 1.165) is 43.1 Å². The van der Waals surface area contributed by atoms with Gasteiger partial charge in [-0.25, -0.2) is 0 Å². The molecule has 27 heavy (non-hydrogen) atoms. The summed E-state index contributed by atoms with van der Waals surface area (Å²) < 4.78 is 10.8. The lowest BCUT2D eigenvalue weighted by atomic mass is 9.99. The summed E-state index contributed by atoms with van der Waals surface area (Å²) in [5, 5.41) is 2.97. The van der Waals surface area contributed by atoms with Gasteiger partial charge in [0.05, 0.1) is 19.8 Å². The van der Waals surface area contributed by atoms with Gasteiger partial charge in [0.2, 0.25) is 0 Å². The number of nitrogens with one attached hydrogen (secondary N) is 1. The standard InChI is InChI=1S/C21H27N3O3/c1-14-5-4-6-17(20(14)22)21(25)23-8-10-24-9-7-15-11-18(26-2)19(27-3)12-16(15)13-24/h4-6,11-12H,7-10,13,22H2,1-3H3,(H,23,25). The summed E-state index contributed by atoms with van der Waals surface area (Å²) in [7, 11) is 3.31. The lowest BCUT2D eigenvalue weighted by Gasteiger charge is -2.29. The molecule has 3 N–H and O–H groups in total. The van der Waals surface area contributed by atoms with Crippen molar-refractivity contribution in [2.24, 2.45) is 0 Å². The second-order valence-electron chi connectivity index (χ2n) is 6.79. The summed E-state index contributed by atoms with van der Waals surface area (Å²) in [6.45, 7) is 5.05. The number of hydrogen-bond donors (Lipinski definition) is 2. The molecule has 6 heteroatoms. The Morgan fingerprint density at radius 2 is 1.89 bits per heavy atom. The maximum absolute atomic E-state index is 12.4. The lowest BCUT2D eigenvalue weighted by Crippen LogP contribution is -2.38. The summed E-state index contributed by atoms with van der Waals surface area (Å²) in [4.78, 5) is 14.7. The average molecular weight is 369 g/mol. The van der Waals surface area contributed by atoms with E-state index in [1.54, 1.807) is 20.3 Å². The number of carbonyl (C=O) groups is 1. The van der Waals surface area contributed by atoms with Crippen LogP contribution in [-0.4, -0.2) is 44.7 Å². The number of para-hydroxylation sites is 1. The van der Waals surface area contributed by atoms with E-state index in [2.05, 4.69) is 16.3 Å². The third kappa shape index (κ3) is 4.17. The molecule has 0 saturated carbocycles. The Labute approximate surface area is 160 Å². The molecule has 0 saturated heterocycles. The van der Waals surface area contributed by atoms with Crippen LogP contribution in [0.4, 0.5) is 5.69 Å². The molecule has 1 amide bonds. The van der Waals surface area contributed by atoms with Gasteiger partial charge in [-0.3, -0.25) is 9.69 Å². The van der Waals surface area contributed by atoms with Crippen molar-refractivity contribution in [1.82, 2.24) is 10.2 Å². The Bertz CT molecular complexity index is 836. The first kappa shape index (κ1) is 19.0. The van der Waals surface area contributed by atoms with Crippen molar-refractivity contribution in [2.45, 2.75) is 19.9 Å². The van der Waals surface area contributed by atoms with Crippen LogP contribution in [0.2, 0.25) is 0 Å². The summed E-state index contributed by atoms with van der Waals surface area (Å²) in [5.41, 5.74) is 10.5. The molecule has 0 radical (unpaired) electrons. The topological polar surface area (TPSA) is 76.8 Å². The van der Waals surface area contributed by atoms with E-state index in [1.807, 2.05) is 25.1 Å². The van der Waals surface area contributed by atoms with E-state index in [1.165, 1.54) is 11.1 Å². The van der Waals surface area contributed by atoms with Crippen molar-refractivity contribution in [1.29, 1.82) is 0 Å². The van der Waals surface area contributed by atoms with Gasteiger partial charge in [0.15, 0.2) is 11.5 Å². The molecule has 0 aliphatic carbocycles. The number of methoxy groups -OCH3 is 2. The van der Waals surface area contributed by atoms with Crippen LogP contribution in [0.5, 0.6) is 11.5 Å². The van der Waals surface area contributed by atoms with E-state index >= 15 is 0 Å². The van der Waals surface area contributed by atoms with Crippen molar-refractivity contribution >= 4 is 11.6 Å². The van der Waals surface area contributed by atoms with Gasteiger partial charge in [-0.1, -0.05) is 12.1 Å². The number of ether oxygens (including phenoxy) is 2. The molecule has 144 valence electrons. The number of nitrogens with two attached hydrogens (primary N) is 1. The van der Waals surface area contributed by atoms with Gasteiger partial charge in [0.1, 0.15) is 0 Å². The third-order valence-corrected chi connectivity index (χ3v) is 5.08. The van der Waals surface area contributed by atoms with Crippen LogP contribution in [0.3, 0.4) is 0 Å². The number of hydrogen-bond acceptors (Lipinski definition) is 5. The van der Waals surface area contributed by atoms with Crippen molar-refractivity contribution in [3.8, 4) is 11.5 Å². The molecule has 1 heterocycles. The molecule has 0 atom stereocenters. The van der Waals surface area contributed by atoms with Gasteiger partial charge in [-0.2, -0.15) is 0 Å². The van der Waals surface area contributed by atoms with Gasteiger partial charge < -0.3 is 20.5 Å². The van der Waals surface area contributed by atoms with Gasteiger partial charge in [0.25, 0.3) is 5.91 Å². The zero-order chi connectivity index (χ0) is 19.4. The smallest absolute Gasteiger partial charge is 0.253 e. The van der Waals surface area contributed by atoms with Crippen molar-refractivity contribution < 1.29 is 14.3 Å². The van der Waals surface area contributed by atoms with Crippen LogP contribution < -0.4 is 20.5 Å². The van der Waals surface area contributed by atoms with Crippen molar-refractivity contribution in [3.05, 3.63) is 52.6 Å². The number of nitrogen functional groups attached to an aromatic ring is 1. The van der Waals surface area contributed by atoms with E-state index in [4.69, 9.17) is 15.2 Å². The van der Waals surface area contributed by atoms with Crippen LogP contribution in [0.1, 0.15) is 27.0 Å². The van der Waals surface area contributed by atoms with E-state index in [9.17, 15) is 4.79 Å². The number of benzene rings is 2. The highest BCUT2D eigenvalue weighted by molar-refractivity contribution is 5.99. The van der Waals surface area contributed by atoms with E-state index in [0.29, 0.717) is 17.8 Å². The first-order chi connectivity index (χ1) is 13.0. The van der Waals surface area contributed by atoms with Crippen LogP contribution >= 0.6 is 0 Å². The molecule has 3 rings (SSSR count). The molecular weight excluding hydrogens is 342 g/mol. The fourth-order valence-electron chi connectivity index (χ4n) is 3.43. The number of amides is 1. The summed E-state index contributed by atoms with van der Waals surface area (Å²) in [6, 6.07) is 9.62. The SMILES string of the molecule is COc1cc2c(cc1OC)CN(CCNC(=O)c1cccc(C)c1N)CC2. The minimum atomic E-state index is -0.125. The number of aryl methyl sites for hydroxylation is 1. The second-order valence-corrected chi connectivity index (χ2v) is 6.79. The van der Waals surface area contributed by atoms with Crippen LogP contribution in [-0.2, 0) is 13.0 Å². The third-order valence-electron chi connectivity index (χ3n) is 5.08. The van der Waals surface area contributed by atoms with Crippen LogP contribution in [0.25, 0.3) is 0 Å². The lowest BCUT2D eigenvalue weighted by molar-refractivity contribution is 0.0948. The molecule has 0 fully saturated rings. The maximum atomic E-state index is 12.4. The summed E-state index contributed by atoms with van der Waals surface area (Å²) in [5.74, 6) is 1.40. The van der Waals surface area contributed by atoms with Gasteiger partial charge >= 0.3 is 0 Å². The Morgan fingerprint density at radius 1 is 1.19 bits per heavy atom. The minimum Gasteiger partial charge on any atom is -0.493 e. The van der Waals surface area contributed by atoms with Crippen LogP contribution in [0, 0.1) is 6.92 Å². The Balaban J connectivity index is 1.57. The maximum Gasteiger partial charge on any atom is 0.253 e. The van der Waals surface area contributed by atoms with Crippen molar-refractivity contribution in [2.75, 3.05) is 39.6 Å². The van der Waals surface area contributed by atoms with Gasteiger partial charge in [-0.15, -0.1) is 0 Å². The molecule has 2 aromatic rings. The van der Waals surface area contributed by atoms with Crippen LogP contribution in [0.15, 0.2) is 30.3 Å². The highest BCUT2D eigenvalue weighted by atomic mass is 16.5. The molecular formula is C21H27N3O3. The first-order valence-electron chi connectivity index (χ1n) is 9.13. The van der Waals surface area contributed by atoms with Gasteiger partial charge in [0, 0.05) is 31.9 Å². The Kier molecular flexibility index (Phi) is 5.86. The average Bonchev–Trinajstić information content (AvgIpc) is 2.68. The predicted octanol–water partition coefficient (Wildman–Crippen LogP) is 2.38. The molecule has 1 aliphatic rings. The fraction of sp³-hybridized carbons (Fsp3) is 0.381. The number of nitrogens with zero attached hydrogens (tertiary/aromatic N) is 1. The quantitative estimate of drug-likeness (QED) is 0.765. The Hall–Kier alpha value is -2.73. The van der Waals surface area contributed by atoms with Crippen molar-refractivity contribution in [3.63, 3.8) is 0 Å². The largest absolute Gasteiger partial charge is 0.493 e.